The Morgan fingerprint density at radius 2 is 1.89 bits per heavy atom. The summed E-state index contributed by atoms with van der Waals surface area (Å²) in [6, 6.07) is 0. The molecule has 0 aliphatic rings. The van der Waals surface area contributed by atoms with Crippen LogP contribution in [0.25, 0.3) is 0 Å². The fourth-order valence-electron chi connectivity index (χ4n) is 0.581. The van der Waals surface area contributed by atoms with Crippen molar-refractivity contribution in [2.75, 3.05) is 0 Å². The van der Waals surface area contributed by atoms with E-state index in [9.17, 15) is 0 Å². The van der Waals surface area contributed by atoms with Crippen LogP contribution < -0.4 is 0 Å². The molecule has 0 spiro atoms. The number of allylic oxidation sites excluding steroid dienone is 1. The van der Waals surface area contributed by atoms with Crippen molar-refractivity contribution in [2.45, 2.75) is 39.5 Å². The summed E-state index contributed by atoms with van der Waals surface area (Å²) in [5, 5.41) is 0. The van der Waals surface area contributed by atoms with Gasteiger partial charge in [0.25, 0.3) is 0 Å². The van der Waals surface area contributed by atoms with Gasteiger partial charge in [0, 0.05) is 0 Å². The number of hydrogen-bond donors (Lipinski definition) is 0. The smallest absolute Gasteiger partial charge is 0.514 e. The molecule has 0 aromatic carbocycles. The third kappa shape index (κ3) is 8.26. The molecule has 0 aromatic rings. The quantitative estimate of drug-likeness (QED) is 0.454. The zero-order chi connectivity index (χ0) is 6.41. The summed E-state index contributed by atoms with van der Waals surface area (Å²) in [6.07, 6.45) is 4.66. The molecule has 0 unspecified atom stereocenters. The van der Waals surface area contributed by atoms with Crippen molar-refractivity contribution in [3.05, 3.63) is 12.2 Å². The molecular weight excluding hydrogens is 160 g/mol. The van der Waals surface area contributed by atoms with Gasteiger partial charge in [-0.1, -0.05) is 39.5 Å². The summed E-state index contributed by atoms with van der Waals surface area (Å²) in [6.45, 7) is 9.86. The zero-order valence-corrected chi connectivity index (χ0v) is 7.15. The van der Waals surface area contributed by atoms with E-state index in [1.807, 2.05) is 0 Å². The van der Waals surface area contributed by atoms with Gasteiger partial charge in [0.05, 0.1) is 0 Å². The van der Waals surface area contributed by atoms with E-state index < -0.39 is 0 Å². The average molecular weight is 175 g/mol. The third-order valence-corrected chi connectivity index (χ3v) is 1.31. The Labute approximate surface area is 69.2 Å². The molecule has 0 aliphatic heterocycles. The van der Waals surface area contributed by atoms with Gasteiger partial charge >= 0.3 is 17.1 Å². The van der Waals surface area contributed by atoms with Crippen LogP contribution in [0.5, 0.6) is 0 Å². The van der Waals surface area contributed by atoms with Crippen LogP contribution in [0.15, 0.2) is 5.57 Å². The van der Waals surface area contributed by atoms with E-state index in [2.05, 4.69) is 13.8 Å². The van der Waals surface area contributed by atoms with Crippen LogP contribution in [-0.2, 0) is 17.1 Å². The molecular formula is C8H15Cu. The molecule has 0 radical (unpaired) electrons. The van der Waals surface area contributed by atoms with Crippen LogP contribution >= 0.6 is 0 Å². The molecule has 9 heavy (non-hydrogen) atoms. The Morgan fingerprint density at radius 1 is 1.33 bits per heavy atom. The third-order valence-electron chi connectivity index (χ3n) is 1.31. The van der Waals surface area contributed by atoms with Gasteiger partial charge in [0.2, 0.25) is 0 Å². The van der Waals surface area contributed by atoms with Gasteiger partial charge in [-0.05, 0) is 0 Å². The van der Waals surface area contributed by atoms with Crippen molar-refractivity contribution in [2.24, 2.45) is 0 Å². The van der Waals surface area contributed by atoms with E-state index in [0.29, 0.717) is 0 Å². The summed E-state index contributed by atoms with van der Waals surface area (Å²) in [7, 11) is 0. The molecule has 0 aliphatic carbocycles. The fourth-order valence-corrected chi connectivity index (χ4v) is 0.581. The fraction of sp³-hybridized carbons (Fsp3) is 0.750. The van der Waals surface area contributed by atoms with Crippen LogP contribution in [0.1, 0.15) is 39.5 Å². The first-order valence-corrected chi connectivity index (χ1v) is 3.41. The van der Waals surface area contributed by atoms with Crippen molar-refractivity contribution in [1.82, 2.24) is 0 Å². The normalized spacial score (nSPS) is 8.22. The summed E-state index contributed by atoms with van der Waals surface area (Å²) < 4.78 is 0. The maximum Gasteiger partial charge on any atom is 1.00 e. The van der Waals surface area contributed by atoms with Gasteiger partial charge in [-0.25, -0.2) is 0 Å². The van der Waals surface area contributed by atoms with Crippen LogP contribution in [-0.4, -0.2) is 0 Å². The second-order valence-electron chi connectivity index (χ2n) is 2.12. The van der Waals surface area contributed by atoms with Crippen molar-refractivity contribution in [3.8, 4) is 0 Å². The minimum Gasteiger partial charge on any atom is -0.514 e. The van der Waals surface area contributed by atoms with Crippen molar-refractivity contribution < 1.29 is 17.1 Å². The second kappa shape index (κ2) is 8.26. The summed E-state index contributed by atoms with van der Waals surface area (Å²) >= 11 is 0. The number of unbranched alkanes of at least 4 members (excludes halogenated alkanes) is 1. The van der Waals surface area contributed by atoms with Crippen LogP contribution in [0.2, 0.25) is 0 Å². The monoisotopic (exact) mass is 174 g/mol. The first kappa shape index (κ1) is 12.0. The van der Waals surface area contributed by atoms with E-state index in [1.54, 1.807) is 0 Å². The van der Waals surface area contributed by atoms with Crippen molar-refractivity contribution in [1.29, 1.82) is 0 Å². The number of hydrogen-bond acceptors (Lipinski definition) is 0. The van der Waals surface area contributed by atoms with Gasteiger partial charge in [-0.3, -0.25) is 5.57 Å². The maximum absolute atomic E-state index is 5.58. The average Bonchev–Trinajstić information content (AvgIpc) is 1.83. The molecule has 1 heteroatoms. The second-order valence-corrected chi connectivity index (χ2v) is 2.12. The summed E-state index contributed by atoms with van der Waals surface area (Å²) in [5.74, 6) is 0. The minimum absolute atomic E-state index is 0. The predicted molar refractivity (Wildman–Crippen MR) is 37.6 cm³/mol. The molecule has 0 amide bonds. The molecule has 0 aromatic heterocycles. The molecule has 0 saturated heterocycles. The van der Waals surface area contributed by atoms with E-state index in [0.717, 1.165) is 18.4 Å². The van der Waals surface area contributed by atoms with Crippen molar-refractivity contribution >= 4 is 0 Å². The van der Waals surface area contributed by atoms with E-state index in [-0.39, 0.29) is 17.1 Å². The van der Waals surface area contributed by atoms with Gasteiger partial charge in [0.1, 0.15) is 0 Å². The molecule has 0 heterocycles. The minimum atomic E-state index is 0. The standard InChI is InChI=1S/C8H15.Cu/c1-4-6-7-8(3)5-2;/h3H,4-7H2,1-2H3;/q-1;+1. The van der Waals surface area contributed by atoms with Crippen LogP contribution in [0.3, 0.4) is 0 Å². The first-order chi connectivity index (χ1) is 3.81. The SMILES string of the molecule is [CH-]=C(CC)CCCC.[Cu+]. The molecule has 0 saturated carbocycles. The zero-order valence-electron chi connectivity index (χ0n) is 6.21. The first-order valence-electron chi connectivity index (χ1n) is 3.41. The largest absolute Gasteiger partial charge is 1.00 e. The predicted octanol–water partition coefficient (Wildman–Crippen LogP) is 2.94. The van der Waals surface area contributed by atoms with Gasteiger partial charge in [0.15, 0.2) is 0 Å². The number of rotatable bonds is 4. The molecule has 58 valence electrons. The van der Waals surface area contributed by atoms with E-state index in [1.165, 1.54) is 12.8 Å². The molecule has 0 fully saturated rings. The van der Waals surface area contributed by atoms with Crippen LogP contribution in [0.4, 0.5) is 0 Å². The topological polar surface area (TPSA) is 0 Å². The van der Waals surface area contributed by atoms with E-state index >= 15 is 0 Å². The summed E-state index contributed by atoms with van der Waals surface area (Å²) in [5.41, 5.74) is 1.15. The van der Waals surface area contributed by atoms with Gasteiger partial charge < -0.3 is 6.58 Å². The Bertz CT molecular complexity index is 67.0. The Balaban J connectivity index is 0. The Kier molecular flexibility index (Phi) is 11.0. The summed E-state index contributed by atoms with van der Waals surface area (Å²) in [4.78, 5) is 0. The molecule has 0 N–H and O–H groups in total. The molecule has 0 nitrogen and oxygen atoms in total. The Morgan fingerprint density at radius 3 is 2.22 bits per heavy atom. The molecule has 0 atom stereocenters. The maximum atomic E-state index is 5.58. The van der Waals surface area contributed by atoms with E-state index in [4.69, 9.17) is 6.58 Å². The van der Waals surface area contributed by atoms with Gasteiger partial charge in [-0.15, -0.1) is 0 Å². The molecule has 0 bridgehead atoms. The van der Waals surface area contributed by atoms with Crippen molar-refractivity contribution in [3.63, 3.8) is 0 Å². The Hall–Kier alpha value is 0.259. The van der Waals surface area contributed by atoms with Gasteiger partial charge in [-0.2, -0.15) is 0 Å². The molecule has 0 rings (SSSR count). The van der Waals surface area contributed by atoms with Crippen LogP contribution in [0, 0.1) is 6.58 Å².